The lowest BCUT2D eigenvalue weighted by Crippen LogP contribution is -2.34. The normalized spacial score (nSPS) is 14.1. The van der Waals surface area contributed by atoms with E-state index in [1.807, 2.05) is 38.1 Å². The van der Waals surface area contributed by atoms with Gasteiger partial charge in [0.2, 0.25) is 0 Å². The number of hydrogen-bond acceptors (Lipinski definition) is 4. The minimum atomic E-state index is -0.805. The maximum atomic E-state index is 11.1. The Kier molecular flexibility index (Phi) is 7.25. The van der Waals surface area contributed by atoms with Crippen LogP contribution in [0.5, 0.6) is 0 Å². The van der Waals surface area contributed by atoms with Crippen molar-refractivity contribution in [1.82, 2.24) is 0 Å². The third kappa shape index (κ3) is 4.92. The second-order valence-electron chi connectivity index (χ2n) is 4.66. The van der Waals surface area contributed by atoms with Gasteiger partial charge in [0.05, 0.1) is 0 Å². The zero-order valence-corrected chi connectivity index (χ0v) is 14.0. The number of methoxy groups -OCH3 is 1. The molecule has 6 heteroatoms. The van der Waals surface area contributed by atoms with Crippen LogP contribution in [0, 0.1) is 9.49 Å². The Balaban J connectivity index is 3.08. The van der Waals surface area contributed by atoms with Gasteiger partial charge in [-0.15, -0.1) is 0 Å². The summed E-state index contributed by atoms with van der Waals surface area (Å²) in [6, 6.07) is 7.78. The van der Waals surface area contributed by atoms with E-state index in [-0.39, 0.29) is 12.7 Å². The Bertz CT molecular complexity index is 439. The molecular formula is C14H20INO4. The van der Waals surface area contributed by atoms with E-state index in [2.05, 4.69) is 22.6 Å². The van der Waals surface area contributed by atoms with E-state index in [0.29, 0.717) is 0 Å². The molecule has 0 unspecified atom stereocenters. The second kappa shape index (κ2) is 8.43. The van der Waals surface area contributed by atoms with Crippen molar-refractivity contribution in [2.24, 2.45) is 11.7 Å². The van der Waals surface area contributed by atoms with Crippen molar-refractivity contribution in [3.63, 3.8) is 0 Å². The molecule has 0 fully saturated rings. The highest BCUT2D eigenvalue weighted by Crippen LogP contribution is 2.31. The van der Waals surface area contributed by atoms with Crippen molar-refractivity contribution in [2.45, 2.75) is 26.1 Å². The van der Waals surface area contributed by atoms with Gasteiger partial charge in [-0.25, -0.2) is 4.79 Å². The molecule has 0 heterocycles. The van der Waals surface area contributed by atoms with Crippen LogP contribution < -0.4 is 5.73 Å². The molecule has 1 rings (SSSR count). The number of nitrogens with two attached hydrogens (primary N) is 1. The van der Waals surface area contributed by atoms with Gasteiger partial charge in [-0.05, 0) is 40.1 Å². The van der Waals surface area contributed by atoms with Crippen LogP contribution >= 0.6 is 22.6 Å². The van der Waals surface area contributed by atoms with Crippen LogP contribution in [-0.4, -0.2) is 26.1 Å². The monoisotopic (exact) mass is 393 g/mol. The summed E-state index contributed by atoms with van der Waals surface area (Å²) in [4.78, 5) is 11.1. The summed E-state index contributed by atoms with van der Waals surface area (Å²) >= 11 is 2.23. The molecule has 2 atom stereocenters. The molecule has 0 spiro atoms. The lowest BCUT2D eigenvalue weighted by Gasteiger charge is -2.30. The van der Waals surface area contributed by atoms with Gasteiger partial charge in [-0.3, -0.25) is 0 Å². The van der Waals surface area contributed by atoms with E-state index in [4.69, 9.17) is 19.9 Å². The highest BCUT2D eigenvalue weighted by molar-refractivity contribution is 14.1. The summed E-state index contributed by atoms with van der Waals surface area (Å²) in [5.41, 5.74) is 6.11. The predicted octanol–water partition coefficient (Wildman–Crippen LogP) is 3.07. The first-order chi connectivity index (χ1) is 9.47. The van der Waals surface area contributed by atoms with Gasteiger partial charge < -0.3 is 19.9 Å². The number of halogens is 1. The standard InChI is InChI=1S/C14H20INO4/c1-9(2)12(20-14(16)17)13(19-8-18-3)10-6-4-5-7-11(10)15/h4-7,9,12-13H,8H2,1-3H3,(H2,16,17)/t12-,13-/m1/s1. The van der Waals surface area contributed by atoms with E-state index < -0.39 is 18.3 Å². The average Bonchev–Trinajstić information content (AvgIpc) is 2.39. The van der Waals surface area contributed by atoms with Crippen molar-refractivity contribution in [3.05, 3.63) is 33.4 Å². The quantitative estimate of drug-likeness (QED) is 0.571. The number of benzene rings is 1. The Morgan fingerprint density at radius 1 is 1.35 bits per heavy atom. The molecule has 1 aromatic carbocycles. The Morgan fingerprint density at radius 3 is 2.50 bits per heavy atom. The molecule has 0 aliphatic rings. The molecule has 112 valence electrons. The summed E-state index contributed by atoms with van der Waals surface area (Å²) in [5.74, 6) is 0.0559. The first kappa shape index (κ1) is 17.2. The van der Waals surface area contributed by atoms with E-state index in [9.17, 15) is 4.79 Å². The Morgan fingerprint density at radius 2 is 2.00 bits per heavy atom. The lowest BCUT2D eigenvalue weighted by molar-refractivity contribution is -0.125. The van der Waals surface area contributed by atoms with Crippen LogP contribution in [-0.2, 0) is 14.2 Å². The minimum absolute atomic E-state index is 0.0559. The zero-order chi connectivity index (χ0) is 15.1. The van der Waals surface area contributed by atoms with Gasteiger partial charge in [0.25, 0.3) is 0 Å². The number of amides is 1. The van der Waals surface area contributed by atoms with Gasteiger partial charge in [-0.2, -0.15) is 0 Å². The van der Waals surface area contributed by atoms with Crippen LogP contribution in [0.1, 0.15) is 25.5 Å². The molecule has 0 bridgehead atoms. The number of hydrogen-bond donors (Lipinski definition) is 1. The van der Waals surface area contributed by atoms with Gasteiger partial charge >= 0.3 is 6.09 Å². The summed E-state index contributed by atoms with van der Waals surface area (Å²) < 4.78 is 17.0. The lowest BCUT2D eigenvalue weighted by atomic mass is 9.96. The fourth-order valence-electron chi connectivity index (χ4n) is 1.89. The predicted molar refractivity (Wildman–Crippen MR) is 84.2 cm³/mol. The first-order valence-corrected chi connectivity index (χ1v) is 7.36. The molecule has 1 aromatic rings. The fraction of sp³-hybridized carbons (Fsp3) is 0.500. The van der Waals surface area contributed by atoms with E-state index in [0.717, 1.165) is 9.13 Å². The number of primary amides is 1. The maximum Gasteiger partial charge on any atom is 0.404 e. The highest BCUT2D eigenvalue weighted by Gasteiger charge is 2.31. The summed E-state index contributed by atoms with van der Waals surface area (Å²) in [5, 5.41) is 0. The van der Waals surface area contributed by atoms with E-state index in [1.165, 1.54) is 0 Å². The summed E-state index contributed by atoms with van der Waals surface area (Å²) in [7, 11) is 1.55. The molecule has 0 aromatic heterocycles. The van der Waals surface area contributed by atoms with Crippen molar-refractivity contribution < 1.29 is 19.0 Å². The summed E-state index contributed by atoms with van der Waals surface area (Å²) in [6.45, 7) is 4.01. The van der Waals surface area contributed by atoms with Crippen LogP contribution in [0.2, 0.25) is 0 Å². The fourth-order valence-corrected chi connectivity index (χ4v) is 2.58. The second-order valence-corrected chi connectivity index (χ2v) is 5.82. The SMILES string of the molecule is COCO[C@H](c1ccccc1I)[C@H](OC(N)=O)C(C)C. The smallest absolute Gasteiger partial charge is 0.404 e. The third-order valence-corrected chi connectivity index (χ3v) is 3.77. The Labute approximate surface area is 132 Å². The maximum absolute atomic E-state index is 11.1. The highest BCUT2D eigenvalue weighted by atomic mass is 127. The molecule has 0 saturated carbocycles. The molecule has 0 radical (unpaired) electrons. The molecular weight excluding hydrogens is 373 g/mol. The van der Waals surface area contributed by atoms with Gasteiger partial charge in [0, 0.05) is 10.7 Å². The number of rotatable bonds is 7. The molecule has 2 N–H and O–H groups in total. The first-order valence-electron chi connectivity index (χ1n) is 6.28. The van der Waals surface area contributed by atoms with Crippen LogP contribution in [0.15, 0.2) is 24.3 Å². The molecule has 0 saturated heterocycles. The molecule has 5 nitrogen and oxygen atoms in total. The van der Waals surface area contributed by atoms with Crippen LogP contribution in [0.3, 0.4) is 0 Å². The average molecular weight is 393 g/mol. The molecule has 1 amide bonds. The largest absolute Gasteiger partial charge is 0.443 e. The van der Waals surface area contributed by atoms with Crippen molar-refractivity contribution in [1.29, 1.82) is 0 Å². The minimum Gasteiger partial charge on any atom is -0.443 e. The van der Waals surface area contributed by atoms with Crippen LogP contribution in [0.4, 0.5) is 4.79 Å². The summed E-state index contributed by atoms with van der Waals surface area (Å²) in [6.07, 6.45) is -1.70. The van der Waals surface area contributed by atoms with Crippen molar-refractivity contribution in [2.75, 3.05) is 13.9 Å². The Hall–Kier alpha value is -0.860. The zero-order valence-electron chi connectivity index (χ0n) is 11.8. The van der Waals surface area contributed by atoms with Crippen molar-refractivity contribution in [3.8, 4) is 0 Å². The van der Waals surface area contributed by atoms with Crippen molar-refractivity contribution >= 4 is 28.7 Å². The molecule has 0 aliphatic carbocycles. The van der Waals surface area contributed by atoms with Gasteiger partial charge in [0.15, 0.2) is 0 Å². The van der Waals surface area contributed by atoms with E-state index in [1.54, 1.807) is 7.11 Å². The third-order valence-electron chi connectivity index (χ3n) is 2.78. The number of carbonyl (C=O) groups excluding carboxylic acids is 1. The van der Waals surface area contributed by atoms with E-state index >= 15 is 0 Å². The van der Waals surface area contributed by atoms with Gasteiger partial charge in [-0.1, -0.05) is 32.0 Å². The molecule has 20 heavy (non-hydrogen) atoms. The van der Waals surface area contributed by atoms with Crippen LogP contribution in [0.25, 0.3) is 0 Å². The number of carbonyl (C=O) groups is 1. The topological polar surface area (TPSA) is 70.8 Å². The number of ether oxygens (including phenoxy) is 3. The van der Waals surface area contributed by atoms with Gasteiger partial charge in [0.1, 0.15) is 19.0 Å². The molecule has 0 aliphatic heterocycles.